The second-order valence-corrected chi connectivity index (χ2v) is 9.05. The number of nitrogens with one attached hydrogen (secondary N) is 2. The van der Waals surface area contributed by atoms with Gasteiger partial charge in [-0.3, -0.25) is 9.52 Å². The van der Waals surface area contributed by atoms with Crippen LogP contribution in [0.25, 0.3) is 11.1 Å². The van der Waals surface area contributed by atoms with Crippen molar-refractivity contribution < 1.29 is 17.9 Å². The third-order valence-corrected chi connectivity index (χ3v) is 5.45. The molecule has 3 rings (SSSR count). The van der Waals surface area contributed by atoms with Gasteiger partial charge in [0.2, 0.25) is 10.0 Å². The van der Waals surface area contributed by atoms with Gasteiger partial charge in [0.05, 0.1) is 23.9 Å². The van der Waals surface area contributed by atoms with Gasteiger partial charge in [-0.2, -0.15) is 0 Å². The molecule has 0 atom stereocenters. The average Bonchev–Trinajstić information content (AvgIpc) is 3.09. The molecule has 9 heteroatoms. The van der Waals surface area contributed by atoms with E-state index in [2.05, 4.69) is 10.0 Å². The molecule has 146 valence electrons. The minimum Gasteiger partial charge on any atom is -0.496 e. The van der Waals surface area contributed by atoms with Crippen molar-refractivity contribution in [1.82, 2.24) is 0 Å². The predicted molar refractivity (Wildman–Crippen MR) is 114 cm³/mol. The van der Waals surface area contributed by atoms with Crippen LogP contribution in [0.1, 0.15) is 9.67 Å². The first-order valence-corrected chi connectivity index (χ1v) is 11.2. The Hall–Kier alpha value is -2.55. The molecule has 0 unspecified atom stereocenters. The summed E-state index contributed by atoms with van der Waals surface area (Å²) in [7, 11) is -1.86. The summed E-state index contributed by atoms with van der Waals surface area (Å²) in [6, 6.07) is 13.8. The zero-order valence-electron chi connectivity index (χ0n) is 15.0. The van der Waals surface area contributed by atoms with Crippen LogP contribution in [0.4, 0.5) is 11.4 Å². The van der Waals surface area contributed by atoms with Gasteiger partial charge >= 0.3 is 0 Å². The van der Waals surface area contributed by atoms with Gasteiger partial charge in [0, 0.05) is 16.3 Å². The number of thiophene rings is 1. The van der Waals surface area contributed by atoms with Crippen LogP contribution in [0, 0.1) is 0 Å². The number of sulfonamides is 1. The summed E-state index contributed by atoms with van der Waals surface area (Å²) in [6.07, 6.45) is 1.04. The lowest BCUT2D eigenvalue weighted by atomic mass is 10.1. The van der Waals surface area contributed by atoms with Crippen LogP contribution in [-0.2, 0) is 10.0 Å². The van der Waals surface area contributed by atoms with Crippen molar-refractivity contribution in [3.8, 4) is 16.9 Å². The number of carbonyl (C=O) groups is 1. The Kier molecular flexibility index (Phi) is 5.93. The highest BCUT2D eigenvalue weighted by atomic mass is 35.5. The molecule has 2 aromatic carbocycles. The molecule has 0 saturated carbocycles. The van der Waals surface area contributed by atoms with Crippen molar-refractivity contribution in [2.75, 3.05) is 23.4 Å². The van der Waals surface area contributed by atoms with Gasteiger partial charge in [-0.1, -0.05) is 29.8 Å². The number of amides is 1. The van der Waals surface area contributed by atoms with Gasteiger partial charge in [-0.25, -0.2) is 8.42 Å². The highest BCUT2D eigenvalue weighted by Gasteiger charge is 2.14. The summed E-state index contributed by atoms with van der Waals surface area (Å²) in [6.45, 7) is 0. The van der Waals surface area contributed by atoms with E-state index in [9.17, 15) is 13.2 Å². The van der Waals surface area contributed by atoms with Crippen molar-refractivity contribution >= 4 is 50.2 Å². The molecule has 1 heterocycles. The molecule has 0 spiro atoms. The highest BCUT2D eigenvalue weighted by Crippen LogP contribution is 2.33. The molecule has 0 bridgehead atoms. The molecule has 2 N–H and O–H groups in total. The summed E-state index contributed by atoms with van der Waals surface area (Å²) in [4.78, 5) is 13.1. The van der Waals surface area contributed by atoms with Crippen LogP contribution in [0.3, 0.4) is 0 Å². The number of para-hydroxylation sites is 1. The number of hydrogen-bond donors (Lipinski definition) is 2. The zero-order chi connectivity index (χ0) is 20.3. The van der Waals surface area contributed by atoms with Crippen LogP contribution in [0.5, 0.6) is 5.75 Å². The first kappa shape index (κ1) is 20.2. The quantitative estimate of drug-likeness (QED) is 0.586. The standard InChI is InChI=1S/C19H17ClN2O4S2/c1-26-17-6-4-3-5-16(17)12-7-18(27-11-12)19(23)21-14-8-13(20)9-15(10-14)22-28(2,24)25/h3-11,22H,1-2H3,(H,21,23). The van der Waals surface area contributed by atoms with Crippen molar-refractivity contribution in [3.05, 3.63) is 63.8 Å². The Bertz CT molecular complexity index is 1130. The fourth-order valence-corrected chi connectivity index (χ4v) is 4.19. The summed E-state index contributed by atoms with van der Waals surface area (Å²) in [5.41, 5.74) is 2.42. The van der Waals surface area contributed by atoms with Gasteiger partial charge in [0.25, 0.3) is 5.91 Å². The molecule has 6 nitrogen and oxygen atoms in total. The Balaban J connectivity index is 1.82. The lowest BCUT2D eigenvalue weighted by molar-refractivity contribution is 0.103. The smallest absolute Gasteiger partial charge is 0.265 e. The van der Waals surface area contributed by atoms with Gasteiger partial charge < -0.3 is 10.1 Å². The molecule has 0 aliphatic carbocycles. The number of ether oxygens (including phenoxy) is 1. The second-order valence-electron chi connectivity index (χ2n) is 5.96. The van der Waals surface area contributed by atoms with E-state index in [1.54, 1.807) is 19.2 Å². The molecule has 3 aromatic rings. The molecule has 1 amide bonds. The minimum atomic E-state index is -3.46. The molecule has 0 fully saturated rings. The summed E-state index contributed by atoms with van der Waals surface area (Å²) in [5, 5.41) is 4.91. The van der Waals surface area contributed by atoms with Gasteiger partial charge in [0.15, 0.2) is 0 Å². The monoisotopic (exact) mass is 436 g/mol. The zero-order valence-corrected chi connectivity index (χ0v) is 17.4. The maximum absolute atomic E-state index is 12.6. The average molecular weight is 437 g/mol. The maximum atomic E-state index is 12.6. The van der Waals surface area contributed by atoms with Gasteiger partial charge in [0.1, 0.15) is 5.75 Å². The molecule has 0 aliphatic heterocycles. The van der Waals surface area contributed by atoms with Gasteiger partial charge in [-0.05, 0) is 41.3 Å². The molecule has 1 aromatic heterocycles. The van der Waals surface area contributed by atoms with Crippen molar-refractivity contribution in [2.45, 2.75) is 0 Å². The number of hydrogen-bond acceptors (Lipinski definition) is 5. The van der Waals surface area contributed by atoms with Crippen LogP contribution in [0.15, 0.2) is 53.9 Å². The normalized spacial score (nSPS) is 11.1. The maximum Gasteiger partial charge on any atom is 0.265 e. The number of anilines is 2. The minimum absolute atomic E-state index is 0.270. The Morgan fingerprint density at radius 2 is 1.82 bits per heavy atom. The number of rotatable bonds is 6. The van der Waals surface area contributed by atoms with E-state index < -0.39 is 10.0 Å². The van der Waals surface area contributed by atoms with E-state index in [0.29, 0.717) is 15.6 Å². The first-order chi connectivity index (χ1) is 13.2. The highest BCUT2D eigenvalue weighted by molar-refractivity contribution is 7.92. The molecule has 28 heavy (non-hydrogen) atoms. The van der Waals surface area contributed by atoms with E-state index >= 15 is 0 Å². The topological polar surface area (TPSA) is 84.5 Å². The first-order valence-electron chi connectivity index (χ1n) is 8.07. The molecule has 0 aliphatic rings. The number of carbonyl (C=O) groups excluding carboxylic acids is 1. The molecular formula is C19H17ClN2O4S2. The van der Waals surface area contributed by atoms with E-state index in [4.69, 9.17) is 16.3 Å². The van der Waals surface area contributed by atoms with Gasteiger partial charge in [-0.15, -0.1) is 11.3 Å². The van der Waals surface area contributed by atoms with E-state index in [1.165, 1.54) is 23.5 Å². The number of benzene rings is 2. The van der Waals surface area contributed by atoms with Crippen LogP contribution >= 0.6 is 22.9 Å². The predicted octanol–water partition coefficient (Wildman–Crippen LogP) is 4.70. The SMILES string of the molecule is COc1ccccc1-c1csc(C(=O)Nc2cc(Cl)cc(NS(C)(=O)=O)c2)c1. The molecule has 0 radical (unpaired) electrons. The van der Waals surface area contributed by atoms with Crippen molar-refractivity contribution in [2.24, 2.45) is 0 Å². The Morgan fingerprint density at radius 1 is 1.11 bits per heavy atom. The third-order valence-electron chi connectivity index (χ3n) is 3.70. The van der Waals surface area contributed by atoms with E-state index in [1.807, 2.05) is 29.6 Å². The fourth-order valence-electron chi connectivity index (χ4n) is 2.61. The summed E-state index contributed by atoms with van der Waals surface area (Å²) >= 11 is 7.33. The number of methoxy groups -OCH3 is 1. The van der Waals surface area contributed by atoms with Crippen molar-refractivity contribution in [3.63, 3.8) is 0 Å². The second kappa shape index (κ2) is 8.22. The fraction of sp³-hybridized carbons (Fsp3) is 0.105. The lowest BCUT2D eigenvalue weighted by Crippen LogP contribution is -2.12. The largest absolute Gasteiger partial charge is 0.496 e. The van der Waals surface area contributed by atoms with Crippen LogP contribution in [-0.4, -0.2) is 27.7 Å². The Labute approximate surface area is 172 Å². The summed E-state index contributed by atoms with van der Waals surface area (Å²) in [5.74, 6) is 0.400. The summed E-state index contributed by atoms with van der Waals surface area (Å²) < 4.78 is 30.5. The Morgan fingerprint density at radius 3 is 2.54 bits per heavy atom. The third kappa shape index (κ3) is 5.03. The van der Waals surface area contributed by atoms with Crippen LogP contribution < -0.4 is 14.8 Å². The van der Waals surface area contributed by atoms with E-state index in [0.717, 1.165) is 23.1 Å². The molecule has 0 saturated heterocycles. The number of halogens is 1. The van der Waals surface area contributed by atoms with E-state index in [-0.39, 0.29) is 11.6 Å². The van der Waals surface area contributed by atoms with Crippen molar-refractivity contribution in [1.29, 1.82) is 0 Å². The molecular weight excluding hydrogens is 420 g/mol. The van der Waals surface area contributed by atoms with Crippen LogP contribution in [0.2, 0.25) is 5.02 Å². The lowest BCUT2D eigenvalue weighted by Gasteiger charge is -2.09.